The summed E-state index contributed by atoms with van der Waals surface area (Å²) in [5.41, 5.74) is 3.09. The summed E-state index contributed by atoms with van der Waals surface area (Å²) >= 11 is 9.78. The van der Waals surface area contributed by atoms with E-state index < -0.39 is 0 Å². The van der Waals surface area contributed by atoms with Gasteiger partial charge in [-0.05, 0) is 65.2 Å². The molecule has 1 heterocycles. The lowest BCUT2D eigenvalue weighted by Gasteiger charge is -2.15. The number of halogens is 1. The third-order valence-electron chi connectivity index (χ3n) is 4.11. The number of methoxy groups -OCH3 is 1. The fourth-order valence-electron chi connectivity index (χ4n) is 2.79. The third-order valence-corrected chi connectivity index (χ3v) is 5.86. The van der Waals surface area contributed by atoms with E-state index >= 15 is 0 Å². The number of thiocarbonyl (C=S) groups is 1. The molecule has 1 N–H and O–H groups in total. The Labute approximate surface area is 187 Å². The lowest BCUT2D eigenvalue weighted by Crippen LogP contribution is -2.17. The number of ether oxygens (including phenoxy) is 3. The molecule has 0 unspecified atom stereocenters. The van der Waals surface area contributed by atoms with Gasteiger partial charge in [0, 0.05) is 0 Å². The van der Waals surface area contributed by atoms with E-state index in [0.717, 1.165) is 21.3 Å². The van der Waals surface area contributed by atoms with Crippen LogP contribution < -0.4 is 19.5 Å². The standard InChI is InChI=1S/C21H20BrNO4S2/c1-12-4-5-16(13(2)8-12)26-6-7-27-19-15(22)9-14(10-17(19)25-3)11-18-20(24)23-21(28)29-18/h4-5,8-11H,6-7H2,1-3H3,(H,23,24,28)/b18-11+. The maximum Gasteiger partial charge on any atom is 0.263 e. The Bertz CT molecular complexity index is 991. The Balaban J connectivity index is 1.67. The lowest BCUT2D eigenvalue weighted by atomic mass is 10.1. The Morgan fingerprint density at radius 3 is 2.55 bits per heavy atom. The van der Waals surface area contributed by atoms with Crippen molar-refractivity contribution >= 4 is 56.2 Å². The molecule has 2 aromatic carbocycles. The van der Waals surface area contributed by atoms with Gasteiger partial charge in [0.2, 0.25) is 0 Å². The quantitative estimate of drug-likeness (QED) is 0.332. The van der Waals surface area contributed by atoms with Crippen molar-refractivity contribution < 1.29 is 19.0 Å². The van der Waals surface area contributed by atoms with Crippen LogP contribution in [-0.2, 0) is 4.79 Å². The Hall–Kier alpha value is -2.03. The van der Waals surface area contributed by atoms with Crippen LogP contribution in [0.1, 0.15) is 16.7 Å². The van der Waals surface area contributed by atoms with E-state index in [2.05, 4.69) is 34.2 Å². The predicted octanol–water partition coefficient (Wildman–Crippen LogP) is 5.02. The molecule has 152 valence electrons. The summed E-state index contributed by atoms with van der Waals surface area (Å²) in [5, 5.41) is 2.60. The number of amides is 1. The second-order valence-electron chi connectivity index (χ2n) is 6.35. The van der Waals surface area contributed by atoms with Gasteiger partial charge in [0.15, 0.2) is 11.5 Å². The van der Waals surface area contributed by atoms with Crippen molar-refractivity contribution in [2.45, 2.75) is 13.8 Å². The Morgan fingerprint density at radius 2 is 1.90 bits per heavy atom. The number of nitrogens with one attached hydrogen (secondary N) is 1. The maximum absolute atomic E-state index is 11.9. The number of hydrogen-bond acceptors (Lipinski definition) is 6. The van der Waals surface area contributed by atoms with Gasteiger partial charge in [0.1, 0.15) is 23.3 Å². The van der Waals surface area contributed by atoms with Gasteiger partial charge in [0.25, 0.3) is 5.91 Å². The van der Waals surface area contributed by atoms with Crippen LogP contribution >= 0.6 is 39.9 Å². The lowest BCUT2D eigenvalue weighted by molar-refractivity contribution is -0.115. The zero-order chi connectivity index (χ0) is 21.0. The molecule has 5 nitrogen and oxygen atoms in total. The first-order valence-corrected chi connectivity index (χ1v) is 10.8. The number of carbonyl (C=O) groups is 1. The van der Waals surface area contributed by atoms with Crippen LogP contribution in [0.15, 0.2) is 39.7 Å². The molecule has 0 aliphatic carbocycles. The minimum Gasteiger partial charge on any atom is -0.493 e. The summed E-state index contributed by atoms with van der Waals surface area (Å²) in [5.74, 6) is 1.79. The van der Waals surface area contributed by atoms with Crippen LogP contribution in [0.5, 0.6) is 17.2 Å². The fourth-order valence-corrected chi connectivity index (χ4v) is 4.41. The predicted molar refractivity (Wildman–Crippen MR) is 124 cm³/mol. The molecule has 1 fully saturated rings. The second-order valence-corrected chi connectivity index (χ2v) is 8.93. The summed E-state index contributed by atoms with van der Waals surface area (Å²) in [6.07, 6.45) is 1.76. The zero-order valence-corrected chi connectivity index (χ0v) is 19.4. The summed E-state index contributed by atoms with van der Waals surface area (Å²) < 4.78 is 18.3. The van der Waals surface area contributed by atoms with E-state index in [9.17, 15) is 4.79 Å². The first-order chi connectivity index (χ1) is 13.9. The van der Waals surface area contributed by atoms with Crippen molar-refractivity contribution in [3.63, 3.8) is 0 Å². The average Bonchev–Trinajstić information content (AvgIpc) is 2.98. The van der Waals surface area contributed by atoms with Gasteiger partial charge in [-0.3, -0.25) is 4.79 Å². The second kappa shape index (κ2) is 9.65. The normalized spacial score (nSPS) is 14.8. The maximum atomic E-state index is 11.9. The minimum absolute atomic E-state index is 0.195. The summed E-state index contributed by atoms with van der Waals surface area (Å²) in [7, 11) is 1.57. The van der Waals surface area contributed by atoms with E-state index in [4.69, 9.17) is 26.4 Å². The number of carbonyl (C=O) groups excluding carboxylic acids is 1. The number of aryl methyl sites for hydroxylation is 2. The molecule has 8 heteroatoms. The van der Waals surface area contributed by atoms with Gasteiger partial charge in [-0.1, -0.05) is 41.7 Å². The number of benzene rings is 2. The number of rotatable bonds is 7. The van der Waals surface area contributed by atoms with Crippen LogP contribution in [0, 0.1) is 13.8 Å². The van der Waals surface area contributed by atoms with E-state index in [0.29, 0.717) is 33.9 Å². The molecule has 0 spiro atoms. The first-order valence-electron chi connectivity index (χ1n) is 8.82. The van der Waals surface area contributed by atoms with Crippen molar-refractivity contribution in [3.8, 4) is 17.2 Å². The van der Waals surface area contributed by atoms with Gasteiger partial charge < -0.3 is 19.5 Å². The highest BCUT2D eigenvalue weighted by Crippen LogP contribution is 2.38. The molecule has 29 heavy (non-hydrogen) atoms. The molecule has 0 atom stereocenters. The smallest absolute Gasteiger partial charge is 0.263 e. The van der Waals surface area contributed by atoms with Gasteiger partial charge in [-0.2, -0.15) is 0 Å². The van der Waals surface area contributed by atoms with Crippen LogP contribution in [0.2, 0.25) is 0 Å². The van der Waals surface area contributed by atoms with Gasteiger partial charge >= 0.3 is 0 Å². The van der Waals surface area contributed by atoms with Crippen LogP contribution in [0.3, 0.4) is 0 Å². The van der Waals surface area contributed by atoms with E-state index in [1.807, 2.05) is 31.2 Å². The molecule has 0 radical (unpaired) electrons. The molecule has 1 aliphatic heterocycles. The van der Waals surface area contributed by atoms with Crippen LogP contribution in [0.4, 0.5) is 0 Å². The zero-order valence-electron chi connectivity index (χ0n) is 16.2. The highest BCUT2D eigenvalue weighted by Gasteiger charge is 2.22. The minimum atomic E-state index is -0.195. The molecule has 1 aliphatic rings. The molecular weight excluding hydrogens is 474 g/mol. The highest BCUT2D eigenvalue weighted by atomic mass is 79.9. The number of hydrogen-bond donors (Lipinski definition) is 1. The third kappa shape index (κ3) is 5.52. The van der Waals surface area contributed by atoms with Crippen molar-refractivity contribution in [1.82, 2.24) is 5.32 Å². The van der Waals surface area contributed by atoms with Crippen molar-refractivity contribution in [1.29, 1.82) is 0 Å². The van der Waals surface area contributed by atoms with Crippen molar-refractivity contribution in [3.05, 3.63) is 56.4 Å². The molecular formula is C21H20BrNO4S2. The largest absolute Gasteiger partial charge is 0.493 e. The fraction of sp³-hybridized carbons (Fsp3) is 0.238. The Morgan fingerprint density at radius 1 is 1.14 bits per heavy atom. The molecule has 1 saturated heterocycles. The van der Waals surface area contributed by atoms with Gasteiger partial charge in [-0.15, -0.1) is 0 Å². The molecule has 0 saturated carbocycles. The average molecular weight is 494 g/mol. The number of thioether (sulfide) groups is 1. The molecule has 0 bridgehead atoms. The molecule has 0 aromatic heterocycles. The van der Waals surface area contributed by atoms with E-state index in [1.54, 1.807) is 13.2 Å². The van der Waals surface area contributed by atoms with Gasteiger partial charge in [-0.25, -0.2) is 0 Å². The van der Waals surface area contributed by atoms with E-state index in [1.165, 1.54) is 17.3 Å². The van der Waals surface area contributed by atoms with Crippen molar-refractivity contribution in [2.24, 2.45) is 0 Å². The highest BCUT2D eigenvalue weighted by molar-refractivity contribution is 9.10. The van der Waals surface area contributed by atoms with Crippen molar-refractivity contribution in [2.75, 3.05) is 20.3 Å². The molecule has 1 amide bonds. The summed E-state index contributed by atoms with van der Waals surface area (Å²) in [4.78, 5) is 12.4. The topological polar surface area (TPSA) is 56.8 Å². The monoisotopic (exact) mass is 493 g/mol. The molecule has 2 aromatic rings. The van der Waals surface area contributed by atoms with Gasteiger partial charge in [0.05, 0.1) is 16.5 Å². The SMILES string of the molecule is COc1cc(/C=C2/SC(=S)NC2=O)cc(Br)c1OCCOc1ccc(C)cc1C. The first kappa shape index (κ1) is 21.7. The molecule has 3 rings (SSSR count). The summed E-state index contributed by atoms with van der Waals surface area (Å²) in [6, 6.07) is 9.74. The Kier molecular flexibility index (Phi) is 7.21. The van der Waals surface area contributed by atoms with Crippen LogP contribution in [-0.4, -0.2) is 30.6 Å². The summed E-state index contributed by atoms with van der Waals surface area (Å²) in [6.45, 7) is 4.83. The van der Waals surface area contributed by atoms with Crippen LogP contribution in [0.25, 0.3) is 6.08 Å². The van der Waals surface area contributed by atoms with E-state index in [-0.39, 0.29) is 5.91 Å².